The van der Waals surface area contributed by atoms with Crippen molar-refractivity contribution in [1.29, 1.82) is 0 Å². The summed E-state index contributed by atoms with van der Waals surface area (Å²) < 4.78 is 42.7. The lowest BCUT2D eigenvalue weighted by molar-refractivity contribution is 0.552. The molecule has 5 nitrogen and oxygen atoms in total. The number of hydrogen-bond donors (Lipinski definition) is 1. The molecule has 1 N–H and O–H groups in total. The number of nitrogens with one attached hydrogen (secondary N) is 1. The van der Waals surface area contributed by atoms with E-state index in [9.17, 15) is 12.6 Å². The molecular formula is C14H13NO4S2. The van der Waals surface area contributed by atoms with Crippen molar-refractivity contribution in [3.8, 4) is 5.75 Å². The second-order valence-corrected chi connectivity index (χ2v) is 6.77. The lowest BCUT2D eigenvalue weighted by Gasteiger charge is -2.07. The van der Waals surface area contributed by atoms with E-state index in [1.165, 1.54) is 12.1 Å². The van der Waals surface area contributed by atoms with Gasteiger partial charge in [0.05, 0.1) is 4.90 Å². The third kappa shape index (κ3) is 4.25. The van der Waals surface area contributed by atoms with E-state index in [-0.39, 0.29) is 4.90 Å². The second kappa shape index (κ2) is 6.66. The maximum Gasteiger partial charge on any atom is 0.302 e. The molecule has 0 aliphatic carbocycles. The number of rotatable bonds is 6. The highest BCUT2D eigenvalue weighted by Gasteiger charge is 2.18. The Kier molecular flexibility index (Phi) is 4.89. The van der Waals surface area contributed by atoms with Crippen molar-refractivity contribution in [2.45, 2.75) is 4.90 Å². The SMILES string of the molecule is C=Cc1ccc(S(=O)(=O)NS(=O)Oc2ccccc2)cc1. The third-order valence-electron chi connectivity index (χ3n) is 2.52. The average molecular weight is 323 g/mol. The van der Waals surface area contributed by atoms with E-state index >= 15 is 0 Å². The summed E-state index contributed by atoms with van der Waals surface area (Å²) in [4.78, 5) is -0.00175. The van der Waals surface area contributed by atoms with Gasteiger partial charge in [0.25, 0.3) is 10.0 Å². The van der Waals surface area contributed by atoms with E-state index in [0.29, 0.717) is 5.75 Å². The van der Waals surface area contributed by atoms with Gasteiger partial charge in [0, 0.05) is 0 Å². The van der Waals surface area contributed by atoms with Crippen LogP contribution in [0, 0.1) is 0 Å². The van der Waals surface area contributed by atoms with Crippen LogP contribution < -0.4 is 8.31 Å². The molecule has 1 unspecified atom stereocenters. The zero-order valence-corrected chi connectivity index (χ0v) is 12.6. The summed E-state index contributed by atoms with van der Waals surface area (Å²) in [5.74, 6) is 0.306. The fraction of sp³-hybridized carbons (Fsp3) is 0. The molecule has 110 valence electrons. The number of para-hydroxylation sites is 1. The average Bonchev–Trinajstić information content (AvgIpc) is 2.47. The lowest BCUT2D eigenvalue weighted by atomic mass is 10.2. The molecular weight excluding hydrogens is 310 g/mol. The first-order valence-electron chi connectivity index (χ1n) is 5.91. The summed E-state index contributed by atoms with van der Waals surface area (Å²) >= 11 is -2.21. The first-order chi connectivity index (χ1) is 10.0. The smallest absolute Gasteiger partial charge is 0.302 e. The van der Waals surface area contributed by atoms with Gasteiger partial charge in [-0.1, -0.05) is 47.1 Å². The van der Waals surface area contributed by atoms with E-state index < -0.39 is 21.3 Å². The minimum Gasteiger partial charge on any atom is -0.388 e. The summed E-state index contributed by atoms with van der Waals surface area (Å²) in [6.45, 7) is 3.58. The van der Waals surface area contributed by atoms with Crippen LogP contribution in [0.3, 0.4) is 0 Å². The van der Waals surface area contributed by atoms with Gasteiger partial charge in [0.15, 0.2) is 0 Å². The summed E-state index contributed by atoms with van der Waals surface area (Å²) in [5, 5.41) is 0. The first-order valence-corrected chi connectivity index (χ1v) is 8.47. The Labute approximate surface area is 126 Å². The second-order valence-electron chi connectivity index (χ2n) is 3.99. The van der Waals surface area contributed by atoms with Crippen LogP contribution >= 0.6 is 0 Å². The monoisotopic (exact) mass is 323 g/mol. The Hall–Kier alpha value is -1.96. The summed E-state index contributed by atoms with van der Waals surface area (Å²) in [7, 11) is -3.91. The van der Waals surface area contributed by atoms with Crippen LogP contribution in [0.25, 0.3) is 6.08 Å². The normalized spacial score (nSPS) is 12.6. The predicted octanol–water partition coefficient (Wildman–Crippen LogP) is 2.27. The van der Waals surface area contributed by atoms with E-state index in [1.54, 1.807) is 48.5 Å². The Balaban J connectivity index is 2.09. The topological polar surface area (TPSA) is 72.5 Å². The van der Waals surface area contributed by atoms with Crippen molar-refractivity contribution in [2.75, 3.05) is 0 Å². The molecule has 7 heteroatoms. The molecule has 0 aromatic heterocycles. The highest BCUT2D eigenvalue weighted by molar-refractivity contribution is 8.00. The van der Waals surface area contributed by atoms with Crippen molar-refractivity contribution in [1.82, 2.24) is 4.13 Å². The van der Waals surface area contributed by atoms with Crippen molar-refractivity contribution in [2.24, 2.45) is 0 Å². The standard InChI is InChI=1S/C14H13NO4S2/c1-2-12-8-10-14(11-9-12)21(17,18)15-20(16)19-13-6-4-3-5-7-13/h2-11,15H,1H2. The van der Waals surface area contributed by atoms with E-state index in [4.69, 9.17) is 4.18 Å². The molecule has 2 aromatic rings. The Morgan fingerprint density at radius 2 is 1.67 bits per heavy atom. The van der Waals surface area contributed by atoms with Gasteiger partial charge in [-0.25, -0.2) is 8.42 Å². The first kappa shape index (κ1) is 15.4. The largest absolute Gasteiger partial charge is 0.388 e. The molecule has 0 spiro atoms. The van der Waals surface area contributed by atoms with Crippen LogP contribution in [0.5, 0.6) is 5.75 Å². The molecule has 0 fully saturated rings. The molecule has 1 atom stereocenters. The highest BCUT2D eigenvalue weighted by Crippen LogP contribution is 2.13. The third-order valence-corrected chi connectivity index (χ3v) is 5.18. The number of hydrogen-bond acceptors (Lipinski definition) is 4. The van der Waals surface area contributed by atoms with Crippen LogP contribution in [-0.2, 0) is 21.3 Å². The Morgan fingerprint density at radius 3 is 2.24 bits per heavy atom. The number of benzene rings is 2. The van der Waals surface area contributed by atoms with Gasteiger partial charge in [-0.2, -0.15) is 4.21 Å². The van der Waals surface area contributed by atoms with Gasteiger partial charge in [-0.05, 0) is 29.8 Å². The molecule has 0 aliphatic heterocycles. The van der Waals surface area contributed by atoms with Gasteiger partial charge < -0.3 is 4.18 Å². The maximum absolute atomic E-state index is 12.0. The minimum atomic E-state index is -3.91. The zero-order valence-electron chi connectivity index (χ0n) is 10.9. The van der Waals surface area contributed by atoms with Crippen molar-refractivity contribution >= 4 is 27.4 Å². The van der Waals surface area contributed by atoms with Crippen LogP contribution in [0.2, 0.25) is 0 Å². The fourth-order valence-corrected chi connectivity index (χ4v) is 3.52. The summed E-state index contributed by atoms with van der Waals surface area (Å²) in [6, 6.07) is 14.3. The fourth-order valence-electron chi connectivity index (χ4n) is 1.50. The quantitative estimate of drug-likeness (QED) is 0.885. The molecule has 0 aliphatic rings. The molecule has 0 saturated carbocycles. The van der Waals surface area contributed by atoms with Crippen molar-refractivity contribution < 1.29 is 16.8 Å². The van der Waals surface area contributed by atoms with Crippen LogP contribution in [0.15, 0.2) is 66.1 Å². The number of sulfonamides is 1. The summed E-state index contributed by atoms with van der Waals surface area (Å²) in [6.07, 6.45) is 1.60. The van der Waals surface area contributed by atoms with Gasteiger partial charge in [-0.3, -0.25) is 0 Å². The van der Waals surface area contributed by atoms with E-state index in [2.05, 4.69) is 6.58 Å². The molecule has 2 rings (SSSR count). The van der Waals surface area contributed by atoms with Crippen LogP contribution in [0.1, 0.15) is 5.56 Å². The van der Waals surface area contributed by atoms with Crippen molar-refractivity contribution in [3.63, 3.8) is 0 Å². The Morgan fingerprint density at radius 1 is 1.05 bits per heavy atom. The van der Waals surface area contributed by atoms with E-state index in [1.807, 2.05) is 4.13 Å². The van der Waals surface area contributed by atoms with Gasteiger partial charge >= 0.3 is 11.3 Å². The summed E-state index contributed by atoms with van der Waals surface area (Å²) in [5.41, 5.74) is 0.788. The van der Waals surface area contributed by atoms with Crippen LogP contribution in [0.4, 0.5) is 0 Å². The molecule has 0 saturated heterocycles. The lowest BCUT2D eigenvalue weighted by Crippen LogP contribution is -2.28. The maximum atomic E-state index is 12.0. The highest BCUT2D eigenvalue weighted by atomic mass is 32.3. The molecule has 0 heterocycles. The molecule has 2 aromatic carbocycles. The van der Waals surface area contributed by atoms with Gasteiger partial charge in [0.1, 0.15) is 5.75 Å². The van der Waals surface area contributed by atoms with Crippen LogP contribution in [-0.4, -0.2) is 12.6 Å². The van der Waals surface area contributed by atoms with Gasteiger partial charge in [-0.15, -0.1) is 0 Å². The molecule has 0 radical (unpaired) electrons. The molecule has 21 heavy (non-hydrogen) atoms. The predicted molar refractivity (Wildman–Crippen MR) is 82.1 cm³/mol. The van der Waals surface area contributed by atoms with E-state index in [0.717, 1.165) is 5.56 Å². The molecule has 0 amide bonds. The molecule has 0 bridgehead atoms. The van der Waals surface area contributed by atoms with Crippen molar-refractivity contribution in [3.05, 3.63) is 66.7 Å². The Bertz CT molecular complexity index is 740. The van der Waals surface area contributed by atoms with Gasteiger partial charge in [0.2, 0.25) is 0 Å². The minimum absolute atomic E-state index is 0.00175. The zero-order chi connectivity index (χ0) is 15.3.